The minimum absolute atomic E-state index is 0.0509. The number of rotatable bonds is 7. The van der Waals surface area contributed by atoms with E-state index in [9.17, 15) is 9.59 Å². The standard InChI is InChI=1S/C22H28N2O2S/c1-24(19-13-11-18(12-14-19)17-7-3-2-4-8-17)21(25)10-5-15-23-22(26)20-9-6-16-27-20/h2-4,6-9,16,18-19H,5,10-15H2,1H3,(H,23,26). The molecule has 2 amide bonds. The molecular weight excluding hydrogens is 356 g/mol. The summed E-state index contributed by atoms with van der Waals surface area (Å²) in [5.74, 6) is 0.756. The fourth-order valence-electron chi connectivity index (χ4n) is 3.84. The molecule has 1 aliphatic rings. The first-order valence-electron chi connectivity index (χ1n) is 9.77. The molecule has 3 rings (SSSR count). The molecule has 1 aromatic heterocycles. The third kappa shape index (κ3) is 5.42. The molecule has 0 unspecified atom stereocenters. The lowest BCUT2D eigenvalue weighted by molar-refractivity contribution is -0.132. The van der Waals surface area contributed by atoms with Gasteiger partial charge >= 0.3 is 0 Å². The number of hydrogen-bond donors (Lipinski definition) is 1. The number of thiophene rings is 1. The molecule has 0 spiro atoms. The zero-order valence-corrected chi connectivity index (χ0v) is 16.7. The third-order valence-corrected chi connectivity index (χ3v) is 6.38. The van der Waals surface area contributed by atoms with E-state index in [-0.39, 0.29) is 11.8 Å². The van der Waals surface area contributed by atoms with Gasteiger partial charge in [-0.25, -0.2) is 0 Å². The Hall–Kier alpha value is -2.14. The van der Waals surface area contributed by atoms with E-state index in [1.807, 2.05) is 29.5 Å². The number of nitrogens with one attached hydrogen (secondary N) is 1. The third-order valence-electron chi connectivity index (χ3n) is 5.51. The highest BCUT2D eigenvalue weighted by atomic mass is 32.1. The molecule has 0 atom stereocenters. The van der Waals surface area contributed by atoms with Crippen molar-refractivity contribution in [3.05, 3.63) is 58.3 Å². The number of carbonyl (C=O) groups is 2. The van der Waals surface area contributed by atoms with Crippen molar-refractivity contribution in [2.75, 3.05) is 13.6 Å². The van der Waals surface area contributed by atoms with E-state index >= 15 is 0 Å². The van der Waals surface area contributed by atoms with Gasteiger partial charge in [0.25, 0.3) is 5.91 Å². The van der Waals surface area contributed by atoms with Crippen LogP contribution in [0.15, 0.2) is 47.8 Å². The van der Waals surface area contributed by atoms with Crippen LogP contribution in [0.4, 0.5) is 0 Å². The van der Waals surface area contributed by atoms with Crippen LogP contribution in [-0.4, -0.2) is 36.3 Å². The van der Waals surface area contributed by atoms with Crippen LogP contribution in [0, 0.1) is 0 Å². The lowest BCUT2D eigenvalue weighted by Gasteiger charge is -2.35. The SMILES string of the molecule is CN(C(=O)CCCNC(=O)c1cccs1)C1CCC(c2ccccc2)CC1. The Bertz CT molecular complexity index is 722. The Morgan fingerprint density at radius 1 is 1.07 bits per heavy atom. The average Bonchev–Trinajstić information content (AvgIpc) is 3.26. The Labute approximate surface area is 165 Å². The van der Waals surface area contributed by atoms with Gasteiger partial charge in [0.15, 0.2) is 0 Å². The summed E-state index contributed by atoms with van der Waals surface area (Å²) in [5, 5.41) is 4.77. The number of amides is 2. The van der Waals surface area contributed by atoms with Gasteiger partial charge in [0.1, 0.15) is 0 Å². The second kappa shape index (κ2) is 9.70. The van der Waals surface area contributed by atoms with Crippen LogP contribution in [-0.2, 0) is 4.79 Å². The van der Waals surface area contributed by atoms with Crippen LogP contribution in [0.1, 0.15) is 59.7 Å². The van der Waals surface area contributed by atoms with Gasteiger partial charge in [0.05, 0.1) is 4.88 Å². The minimum Gasteiger partial charge on any atom is -0.351 e. The summed E-state index contributed by atoms with van der Waals surface area (Å²) in [6, 6.07) is 14.7. The Morgan fingerprint density at radius 2 is 1.81 bits per heavy atom. The van der Waals surface area contributed by atoms with E-state index in [1.165, 1.54) is 16.9 Å². The molecule has 0 bridgehead atoms. The van der Waals surface area contributed by atoms with Gasteiger partial charge in [-0.3, -0.25) is 9.59 Å². The lowest BCUT2D eigenvalue weighted by Crippen LogP contribution is -2.39. The first-order valence-corrected chi connectivity index (χ1v) is 10.7. The topological polar surface area (TPSA) is 49.4 Å². The maximum Gasteiger partial charge on any atom is 0.261 e. The van der Waals surface area contributed by atoms with E-state index in [0.717, 1.165) is 25.7 Å². The maximum absolute atomic E-state index is 12.5. The van der Waals surface area contributed by atoms with E-state index in [1.54, 1.807) is 0 Å². The number of hydrogen-bond acceptors (Lipinski definition) is 3. The first-order chi connectivity index (χ1) is 13.1. The number of benzene rings is 1. The molecular formula is C22H28N2O2S. The maximum atomic E-state index is 12.5. The minimum atomic E-state index is -0.0509. The first kappa shape index (κ1) is 19.6. The van der Waals surface area contributed by atoms with Gasteiger partial charge in [0, 0.05) is 26.1 Å². The molecule has 1 aromatic carbocycles. The summed E-state index contributed by atoms with van der Waals surface area (Å²) in [6.07, 6.45) is 5.58. The highest BCUT2D eigenvalue weighted by molar-refractivity contribution is 7.12. The quantitative estimate of drug-likeness (QED) is 0.717. The zero-order chi connectivity index (χ0) is 19.1. The van der Waals surface area contributed by atoms with Crippen molar-refractivity contribution in [3.63, 3.8) is 0 Å². The molecule has 144 valence electrons. The van der Waals surface area contributed by atoms with Crippen LogP contribution in [0.25, 0.3) is 0 Å². The van der Waals surface area contributed by atoms with E-state index in [4.69, 9.17) is 0 Å². The second-order valence-electron chi connectivity index (χ2n) is 7.26. The summed E-state index contributed by atoms with van der Waals surface area (Å²) in [7, 11) is 1.93. The zero-order valence-electron chi connectivity index (χ0n) is 15.9. The molecule has 4 nitrogen and oxygen atoms in total. The lowest BCUT2D eigenvalue weighted by atomic mass is 9.81. The van der Waals surface area contributed by atoms with Gasteiger partial charge in [0.2, 0.25) is 5.91 Å². The molecule has 0 aliphatic heterocycles. The van der Waals surface area contributed by atoms with Gasteiger partial charge in [-0.05, 0) is 55.0 Å². The van der Waals surface area contributed by atoms with Crippen LogP contribution in [0.2, 0.25) is 0 Å². The number of nitrogens with zero attached hydrogens (tertiary/aromatic N) is 1. The van der Waals surface area contributed by atoms with Crippen molar-refractivity contribution in [3.8, 4) is 0 Å². The average molecular weight is 385 g/mol. The molecule has 1 aliphatic carbocycles. The van der Waals surface area contributed by atoms with Crippen molar-refractivity contribution in [2.24, 2.45) is 0 Å². The monoisotopic (exact) mass is 384 g/mol. The van der Waals surface area contributed by atoms with Gasteiger partial charge in [-0.1, -0.05) is 36.4 Å². The van der Waals surface area contributed by atoms with Crippen LogP contribution >= 0.6 is 11.3 Å². The Kier molecular flexibility index (Phi) is 7.04. The smallest absolute Gasteiger partial charge is 0.261 e. The fraction of sp³-hybridized carbons (Fsp3) is 0.455. The molecule has 1 heterocycles. The molecule has 5 heteroatoms. The van der Waals surface area contributed by atoms with Gasteiger partial charge in [-0.15, -0.1) is 11.3 Å². The summed E-state index contributed by atoms with van der Waals surface area (Å²) in [5.41, 5.74) is 1.42. The van der Waals surface area contributed by atoms with Crippen molar-refractivity contribution in [1.82, 2.24) is 10.2 Å². The Balaban J connectivity index is 1.36. The molecule has 0 radical (unpaired) electrons. The van der Waals surface area contributed by atoms with Crippen molar-refractivity contribution in [2.45, 2.75) is 50.5 Å². The van der Waals surface area contributed by atoms with Gasteiger partial charge in [-0.2, -0.15) is 0 Å². The van der Waals surface area contributed by atoms with Crippen LogP contribution in [0.3, 0.4) is 0 Å². The summed E-state index contributed by atoms with van der Waals surface area (Å²) in [4.78, 5) is 27.0. The predicted octanol–water partition coefficient (Wildman–Crippen LogP) is 4.44. The largest absolute Gasteiger partial charge is 0.351 e. The van der Waals surface area contributed by atoms with Gasteiger partial charge < -0.3 is 10.2 Å². The van der Waals surface area contributed by atoms with E-state index < -0.39 is 0 Å². The van der Waals surface area contributed by atoms with E-state index in [0.29, 0.717) is 36.2 Å². The van der Waals surface area contributed by atoms with Crippen molar-refractivity contribution < 1.29 is 9.59 Å². The molecule has 1 N–H and O–H groups in total. The summed E-state index contributed by atoms with van der Waals surface area (Å²) in [6.45, 7) is 0.539. The summed E-state index contributed by atoms with van der Waals surface area (Å²) < 4.78 is 0. The molecule has 2 aromatic rings. The highest BCUT2D eigenvalue weighted by Crippen LogP contribution is 2.34. The summed E-state index contributed by atoms with van der Waals surface area (Å²) >= 11 is 1.43. The number of carbonyl (C=O) groups excluding carboxylic acids is 2. The Morgan fingerprint density at radius 3 is 2.48 bits per heavy atom. The molecule has 27 heavy (non-hydrogen) atoms. The molecule has 1 saturated carbocycles. The van der Waals surface area contributed by atoms with Crippen molar-refractivity contribution >= 4 is 23.2 Å². The van der Waals surface area contributed by atoms with Crippen LogP contribution < -0.4 is 5.32 Å². The van der Waals surface area contributed by atoms with E-state index in [2.05, 4.69) is 35.6 Å². The molecule has 0 saturated heterocycles. The second-order valence-corrected chi connectivity index (χ2v) is 8.21. The normalized spacial score (nSPS) is 19.4. The highest BCUT2D eigenvalue weighted by Gasteiger charge is 2.26. The van der Waals surface area contributed by atoms with Crippen molar-refractivity contribution in [1.29, 1.82) is 0 Å². The van der Waals surface area contributed by atoms with Crippen LogP contribution in [0.5, 0.6) is 0 Å². The fourth-order valence-corrected chi connectivity index (χ4v) is 4.48. The predicted molar refractivity (Wildman–Crippen MR) is 110 cm³/mol. The molecule has 1 fully saturated rings.